The minimum atomic E-state index is -0.198. The molecule has 0 saturated heterocycles. The number of pyridine rings is 1. The number of hydrogen-bond donors (Lipinski definition) is 1. The number of rotatable bonds is 6. The summed E-state index contributed by atoms with van der Waals surface area (Å²) in [6.45, 7) is 2.59. The Morgan fingerprint density at radius 3 is 2.50 bits per heavy atom. The Labute approximate surface area is 197 Å². The van der Waals surface area contributed by atoms with Gasteiger partial charge in [-0.25, -0.2) is 9.99 Å². The van der Waals surface area contributed by atoms with Crippen molar-refractivity contribution in [3.05, 3.63) is 90.3 Å². The largest absolute Gasteiger partial charge is 0.326 e. The van der Waals surface area contributed by atoms with Crippen LogP contribution < -0.4 is 5.32 Å². The van der Waals surface area contributed by atoms with Crippen molar-refractivity contribution in [1.29, 1.82) is 0 Å². The number of hydrogen-bond acceptors (Lipinski definition) is 4. The Kier molecular flexibility index (Phi) is 5.91. The van der Waals surface area contributed by atoms with Crippen molar-refractivity contribution in [2.24, 2.45) is 5.10 Å². The first-order chi connectivity index (χ1) is 16.6. The van der Waals surface area contributed by atoms with Crippen molar-refractivity contribution in [2.45, 2.75) is 26.2 Å². The van der Waals surface area contributed by atoms with Crippen LogP contribution in [0.25, 0.3) is 16.9 Å². The van der Waals surface area contributed by atoms with Crippen LogP contribution in [0.3, 0.4) is 0 Å². The van der Waals surface area contributed by atoms with Gasteiger partial charge in [0.05, 0.1) is 18.0 Å². The van der Waals surface area contributed by atoms with Gasteiger partial charge in [0, 0.05) is 42.9 Å². The lowest BCUT2D eigenvalue weighted by Crippen LogP contribution is -2.24. The maximum absolute atomic E-state index is 12.5. The number of anilines is 1. The predicted octanol–water partition coefficient (Wildman–Crippen LogP) is 4.67. The fourth-order valence-corrected chi connectivity index (χ4v) is 4.06. The molecular weight excluding hydrogens is 426 g/mol. The number of carbonyl (C=O) groups is 2. The predicted molar refractivity (Wildman–Crippen MR) is 133 cm³/mol. The van der Waals surface area contributed by atoms with Crippen molar-refractivity contribution in [3.63, 3.8) is 0 Å². The van der Waals surface area contributed by atoms with Gasteiger partial charge in [0.15, 0.2) is 0 Å². The molecule has 0 atom stereocenters. The second-order valence-electron chi connectivity index (χ2n) is 8.35. The second kappa shape index (κ2) is 9.31. The van der Waals surface area contributed by atoms with E-state index in [1.807, 2.05) is 90.4 Å². The number of fused-ring (bicyclic) bond motifs is 1. The number of carbonyl (C=O) groups excluding carboxylic acids is 2. The first-order valence-electron chi connectivity index (χ1n) is 11.3. The van der Waals surface area contributed by atoms with Crippen LogP contribution in [0, 0.1) is 6.92 Å². The highest BCUT2D eigenvalue weighted by Gasteiger charge is 2.22. The summed E-state index contributed by atoms with van der Waals surface area (Å²) in [6.07, 6.45) is 4.92. The number of nitrogens with one attached hydrogen (secondary N) is 1. The van der Waals surface area contributed by atoms with Crippen molar-refractivity contribution in [3.8, 4) is 11.3 Å². The highest BCUT2D eigenvalue weighted by atomic mass is 16.2. The second-order valence-corrected chi connectivity index (χ2v) is 8.35. The van der Waals surface area contributed by atoms with Crippen LogP contribution in [0.2, 0.25) is 0 Å². The van der Waals surface area contributed by atoms with E-state index in [9.17, 15) is 9.59 Å². The molecule has 0 unspecified atom stereocenters. The minimum Gasteiger partial charge on any atom is -0.326 e. The van der Waals surface area contributed by atoms with Crippen molar-refractivity contribution >= 4 is 28.9 Å². The Morgan fingerprint density at radius 2 is 1.74 bits per heavy atom. The average molecular weight is 452 g/mol. The van der Waals surface area contributed by atoms with E-state index in [4.69, 9.17) is 4.98 Å². The number of imidazole rings is 1. The molecule has 0 radical (unpaired) electrons. The van der Waals surface area contributed by atoms with Gasteiger partial charge in [-0.1, -0.05) is 48.5 Å². The highest BCUT2D eigenvalue weighted by molar-refractivity contribution is 6.02. The summed E-state index contributed by atoms with van der Waals surface area (Å²) in [6, 6.07) is 21.4. The monoisotopic (exact) mass is 451 g/mol. The van der Waals surface area contributed by atoms with E-state index in [2.05, 4.69) is 10.4 Å². The van der Waals surface area contributed by atoms with Gasteiger partial charge in [-0.3, -0.25) is 9.59 Å². The highest BCUT2D eigenvalue weighted by Crippen LogP contribution is 2.23. The molecule has 3 heterocycles. The molecule has 4 aromatic rings. The lowest BCUT2D eigenvalue weighted by molar-refractivity contribution is -0.132. The molecule has 2 aromatic heterocycles. The summed E-state index contributed by atoms with van der Waals surface area (Å²) in [5, 5.41) is 8.78. The molecule has 2 aromatic carbocycles. The minimum absolute atomic E-state index is 0.110. The molecule has 1 aliphatic rings. The lowest BCUT2D eigenvalue weighted by Gasteiger charge is -2.11. The molecule has 7 heteroatoms. The van der Waals surface area contributed by atoms with Crippen LogP contribution in [-0.2, 0) is 9.59 Å². The van der Waals surface area contributed by atoms with E-state index < -0.39 is 0 Å². The van der Waals surface area contributed by atoms with Gasteiger partial charge >= 0.3 is 0 Å². The smallest absolute Gasteiger partial charge is 0.243 e. The molecule has 170 valence electrons. The van der Waals surface area contributed by atoms with Crippen LogP contribution in [0.5, 0.6) is 0 Å². The maximum Gasteiger partial charge on any atom is 0.243 e. The Hall–Kier alpha value is -4.26. The van der Waals surface area contributed by atoms with E-state index >= 15 is 0 Å². The molecule has 2 amide bonds. The third-order valence-corrected chi connectivity index (χ3v) is 5.90. The quantitative estimate of drug-likeness (QED) is 0.463. The van der Waals surface area contributed by atoms with Gasteiger partial charge in [-0.2, -0.15) is 5.10 Å². The van der Waals surface area contributed by atoms with Gasteiger partial charge < -0.3 is 9.72 Å². The molecule has 0 bridgehead atoms. The first-order valence-corrected chi connectivity index (χ1v) is 11.3. The number of nitrogens with zero attached hydrogens (tertiary/aromatic N) is 4. The average Bonchev–Trinajstić information content (AvgIpc) is 3.52. The molecule has 34 heavy (non-hydrogen) atoms. The van der Waals surface area contributed by atoms with E-state index in [-0.39, 0.29) is 24.7 Å². The van der Waals surface area contributed by atoms with Gasteiger partial charge in [0.2, 0.25) is 11.8 Å². The Morgan fingerprint density at radius 1 is 0.941 bits per heavy atom. The molecule has 0 spiro atoms. The zero-order valence-electron chi connectivity index (χ0n) is 18.9. The fourth-order valence-electron chi connectivity index (χ4n) is 4.06. The Balaban J connectivity index is 1.15. The van der Waals surface area contributed by atoms with E-state index in [1.165, 1.54) is 5.01 Å². The summed E-state index contributed by atoms with van der Waals surface area (Å²) < 4.78 is 2.00. The molecule has 0 aliphatic carbocycles. The van der Waals surface area contributed by atoms with Crippen LogP contribution in [0.15, 0.2) is 84.2 Å². The van der Waals surface area contributed by atoms with E-state index in [0.717, 1.165) is 40.2 Å². The van der Waals surface area contributed by atoms with E-state index in [1.54, 1.807) is 0 Å². The number of amides is 2. The maximum atomic E-state index is 12.5. The summed E-state index contributed by atoms with van der Waals surface area (Å²) in [7, 11) is 0. The van der Waals surface area contributed by atoms with Gasteiger partial charge in [-0.05, 0) is 36.2 Å². The molecule has 7 nitrogen and oxygen atoms in total. The van der Waals surface area contributed by atoms with Crippen molar-refractivity contribution in [2.75, 3.05) is 11.9 Å². The lowest BCUT2D eigenvalue weighted by atomic mass is 10.1. The molecule has 1 N–H and O–H groups in total. The number of aryl methyl sites for hydroxylation is 1. The van der Waals surface area contributed by atoms with Crippen LogP contribution in [0.4, 0.5) is 5.69 Å². The van der Waals surface area contributed by atoms with Gasteiger partial charge in [0.1, 0.15) is 5.65 Å². The third kappa shape index (κ3) is 4.59. The summed E-state index contributed by atoms with van der Waals surface area (Å²) in [5.74, 6) is -0.338. The topological polar surface area (TPSA) is 79.1 Å². The van der Waals surface area contributed by atoms with Crippen LogP contribution >= 0.6 is 0 Å². The standard InChI is InChI=1S/C27H25N5O2/c1-19-6-5-16-31-18-24(29-27(19)31)21-9-11-22(12-10-21)28-25(33)13-14-26(34)32-17-15-23(30-32)20-7-3-2-4-8-20/h2-12,16,18H,13-15,17H2,1H3,(H,28,33). The van der Waals surface area contributed by atoms with E-state index in [0.29, 0.717) is 12.2 Å². The summed E-state index contributed by atoms with van der Waals surface area (Å²) >= 11 is 0. The summed E-state index contributed by atoms with van der Waals surface area (Å²) in [5.41, 5.74) is 6.50. The zero-order valence-corrected chi connectivity index (χ0v) is 18.9. The number of aromatic nitrogens is 2. The fraction of sp³-hybridized carbons (Fsp3) is 0.185. The SMILES string of the molecule is Cc1cccn2cc(-c3ccc(NC(=O)CCC(=O)N4CCC(c5ccccc5)=N4)cc3)nc12. The molecule has 0 fully saturated rings. The Bertz CT molecular complexity index is 1370. The normalized spacial score (nSPS) is 13.2. The third-order valence-electron chi connectivity index (χ3n) is 5.90. The van der Waals surface area contributed by atoms with Crippen LogP contribution in [-0.4, -0.2) is 38.5 Å². The van der Waals surface area contributed by atoms with Crippen molar-refractivity contribution in [1.82, 2.24) is 14.4 Å². The molecule has 5 rings (SSSR count). The molecule has 0 saturated carbocycles. The van der Waals surface area contributed by atoms with Gasteiger partial charge in [0.25, 0.3) is 0 Å². The van der Waals surface area contributed by atoms with Gasteiger partial charge in [-0.15, -0.1) is 0 Å². The number of hydrazone groups is 1. The molecule has 1 aliphatic heterocycles. The molecular formula is C27H25N5O2. The number of benzene rings is 2. The van der Waals surface area contributed by atoms with Crippen molar-refractivity contribution < 1.29 is 9.59 Å². The summed E-state index contributed by atoms with van der Waals surface area (Å²) in [4.78, 5) is 29.6. The zero-order chi connectivity index (χ0) is 23.5. The first kappa shape index (κ1) is 21.6. The van der Waals surface area contributed by atoms with Crippen LogP contribution in [0.1, 0.15) is 30.4 Å².